The van der Waals surface area contributed by atoms with Gasteiger partial charge in [0.1, 0.15) is 0 Å². The molecule has 0 aromatic carbocycles. The van der Waals surface area contributed by atoms with E-state index < -0.39 is 11.6 Å². The van der Waals surface area contributed by atoms with Crippen molar-refractivity contribution in [3.63, 3.8) is 0 Å². The molecule has 0 bridgehead atoms. The SMILES string of the molecule is CCOC(=O)c1cc(CC(C)(C)O)n(CCO)n1. The molecule has 1 heterocycles. The van der Waals surface area contributed by atoms with Crippen molar-refractivity contribution >= 4 is 5.97 Å². The Hall–Kier alpha value is -1.40. The maximum absolute atomic E-state index is 11.6. The van der Waals surface area contributed by atoms with Gasteiger partial charge in [0.05, 0.1) is 25.4 Å². The van der Waals surface area contributed by atoms with E-state index in [2.05, 4.69) is 5.10 Å². The molecule has 6 nitrogen and oxygen atoms in total. The lowest BCUT2D eigenvalue weighted by molar-refractivity contribution is 0.0518. The number of aromatic nitrogens is 2. The highest BCUT2D eigenvalue weighted by Crippen LogP contribution is 2.14. The molecule has 1 rings (SSSR count). The molecule has 0 fully saturated rings. The second-order valence-electron chi connectivity index (χ2n) is 4.68. The first-order valence-corrected chi connectivity index (χ1v) is 5.94. The second-order valence-corrected chi connectivity index (χ2v) is 4.68. The van der Waals surface area contributed by atoms with Crippen LogP contribution in [0.25, 0.3) is 0 Å². The van der Waals surface area contributed by atoms with Crippen LogP contribution < -0.4 is 0 Å². The van der Waals surface area contributed by atoms with Gasteiger partial charge in [-0.25, -0.2) is 4.79 Å². The fourth-order valence-corrected chi connectivity index (χ4v) is 1.63. The molecule has 0 aliphatic rings. The van der Waals surface area contributed by atoms with E-state index >= 15 is 0 Å². The van der Waals surface area contributed by atoms with Crippen LogP contribution in [0.2, 0.25) is 0 Å². The molecule has 102 valence electrons. The third-order valence-corrected chi connectivity index (χ3v) is 2.27. The van der Waals surface area contributed by atoms with Crippen LogP contribution in [0.5, 0.6) is 0 Å². The van der Waals surface area contributed by atoms with Crippen molar-refractivity contribution in [3.8, 4) is 0 Å². The summed E-state index contributed by atoms with van der Waals surface area (Å²) in [5.41, 5.74) is -0.0109. The van der Waals surface area contributed by atoms with Gasteiger partial charge in [-0.15, -0.1) is 0 Å². The van der Waals surface area contributed by atoms with E-state index in [9.17, 15) is 9.90 Å². The van der Waals surface area contributed by atoms with Gasteiger partial charge in [0, 0.05) is 12.1 Å². The summed E-state index contributed by atoms with van der Waals surface area (Å²) in [5, 5.41) is 22.8. The van der Waals surface area contributed by atoms with Gasteiger partial charge in [0.2, 0.25) is 0 Å². The number of aliphatic hydroxyl groups excluding tert-OH is 1. The van der Waals surface area contributed by atoms with Gasteiger partial charge in [-0.3, -0.25) is 4.68 Å². The Morgan fingerprint density at radius 1 is 1.56 bits per heavy atom. The average molecular weight is 256 g/mol. The Labute approximate surface area is 106 Å². The van der Waals surface area contributed by atoms with Gasteiger partial charge in [-0.2, -0.15) is 5.10 Å². The van der Waals surface area contributed by atoms with Crippen LogP contribution in [0, 0.1) is 0 Å². The number of hydrogen-bond acceptors (Lipinski definition) is 5. The van der Waals surface area contributed by atoms with Gasteiger partial charge in [-0.1, -0.05) is 0 Å². The topological polar surface area (TPSA) is 84.6 Å². The molecule has 2 N–H and O–H groups in total. The Morgan fingerprint density at radius 2 is 2.22 bits per heavy atom. The maximum atomic E-state index is 11.6. The Balaban J connectivity index is 2.96. The van der Waals surface area contributed by atoms with Crippen molar-refractivity contribution in [1.29, 1.82) is 0 Å². The average Bonchev–Trinajstić information content (AvgIpc) is 2.60. The van der Waals surface area contributed by atoms with E-state index in [1.54, 1.807) is 26.8 Å². The van der Waals surface area contributed by atoms with Crippen molar-refractivity contribution in [2.24, 2.45) is 0 Å². The third-order valence-electron chi connectivity index (χ3n) is 2.27. The molecule has 0 saturated heterocycles. The van der Waals surface area contributed by atoms with Gasteiger partial charge >= 0.3 is 5.97 Å². The predicted molar refractivity (Wildman–Crippen MR) is 65.3 cm³/mol. The minimum atomic E-state index is -0.904. The number of hydrogen-bond donors (Lipinski definition) is 2. The van der Waals surface area contributed by atoms with E-state index in [1.807, 2.05) is 0 Å². The van der Waals surface area contributed by atoms with Crippen LogP contribution in [0.4, 0.5) is 0 Å². The number of rotatable bonds is 6. The molecule has 1 aromatic heterocycles. The largest absolute Gasteiger partial charge is 0.461 e. The number of carbonyl (C=O) groups excluding carboxylic acids is 1. The van der Waals surface area contributed by atoms with E-state index in [-0.39, 0.29) is 25.5 Å². The Morgan fingerprint density at radius 3 is 2.72 bits per heavy atom. The lowest BCUT2D eigenvalue weighted by Gasteiger charge is -2.17. The highest BCUT2D eigenvalue weighted by molar-refractivity contribution is 5.87. The summed E-state index contributed by atoms with van der Waals surface area (Å²) in [5.74, 6) is -0.494. The number of carbonyl (C=O) groups is 1. The summed E-state index contributed by atoms with van der Waals surface area (Å²) in [7, 11) is 0. The number of esters is 1. The molecule has 0 aliphatic carbocycles. The minimum absolute atomic E-state index is 0.0806. The third kappa shape index (κ3) is 4.12. The fourth-order valence-electron chi connectivity index (χ4n) is 1.63. The monoisotopic (exact) mass is 256 g/mol. The highest BCUT2D eigenvalue weighted by Gasteiger charge is 2.20. The van der Waals surface area contributed by atoms with Crippen molar-refractivity contribution in [3.05, 3.63) is 17.5 Å². The zero-order valence-electron chi connectivity index (χ0n) is 11.0. The van der Waals surface area contributed by atoms with Gasteiger partial charge in [0.15, 0.2) is 5.69 Å². The summed E-state index contributed by atoms with van der Waals surface area (Å²) in [6.07, 6.45) is 0.347. The maximum Gasteiger partial charge on any atom is 0.358 e. The molecule has 0 unspecified atom stereocenters. The van der Waals surface area contributed by atoms with E-state index in [1.165, 1.54) is 4.68 Å². The molecular weight excluding hydrogens is 236 g/mol. The van der Waals surface area contributed by atoms with Crippen molar-refractivity contribution in [2.45, 2.75) is 39.3 Å². The van der Waals surface area contributed by atoms with Crippen molar-refractivity contribution in [1.82, 2.24) is 9.78 Å². The fraction of sp³-hybridized carbons (Fsp3) is 0.667. The van der Waals surface area contributed by atoms with Crippen LogP contribution in [-0.4, -0.2) is 44.8 Å². The number of ether oxygens (including phenoxy) is 1. The Bertz CT molecular complexity index is 407. The number of aliphatic hydroxyl groups is 2. The molecule has 0 amide bonds. The van der Waals surface area contributed by atoms with E-state index in [0.29, 0.717) is 12.1 Å². The molecule has 0 radical (unpaired) electrons. The number of nitrogens with zero attached hydrogens (tertiary/aromatic N) is 2. The van der Waals surface area contributed by atoms with Crippen LogP contribution in [0.1, 0.15) is 37.0 Å². The smallest absolute Gasteiger partial charge is 0.358 e. The quantitative estimate of drug-likeness (QED) is 0.718. The molecule has 0 aliphatic heterocycles. The summed E-state index contributed by atoms with van der Waals surface area (Å²) >= 11 is 0. The Kier molecular flexibility index (Phi) is 4.86. The van der Waals surface area contributed by atoms with Gasteiger partial charge in [0.25, 0.3) is 0 Å². The van der Waals surface area contributed by atoms with Crippen molar-refractivity contribution < 1.29 is 19.7 Å². The molecule has 6 heteroatoms. The van der Waals surface area contributed by atoms with Crippen LogP contribution in [0.3, 0.4) is 0 Å². The van der Waals surface area contributed by atoms with Crippen LogP contribution >= 0.6 is 0 Å². The molecule has 1 aromatic rings. The van der Waals surface area contributed by atoms with E-state index in [0.717, 1.165) is 0 Å². The first kappa shape index (κ1) is 14.7. The second kappa shape index (κ2) is 5.97. The normalized spacial score (nSPS) is 11.6. The summed E-state index contributed by atoms with van der Waals surface area (Å²) in [4.78, 5) is 11.6. The molecule has 0 atom stereocenters. The molecule has 0 spiro atoms. The predicted octanol–water partition coefficient (Wildman–Crippen LogP) is 0.365. The van der Waals surface area contributed by atoms with Crippen LogP contribution in [-0.2, 0) is 17.7 Å². The van der Waals surface area contributed by atoms with Gasteiger partial charge < -0.3 is 14.9 Å². The highest BCUT2D eigenvalue weighted by atomic mass is 16.5. The lowest BCUT2D eigenvalue weighted by Crippen LogP contribution is -2.24. The van der Waals surface area contributed by atoms with E-state index in [4.69, 9.17) is 9.84 Å². The first-order valence-electron chi connectivity index (χ1n) is 5.94. The van der Waals surface area contributed by atoms with Crippen LogP contribution in [0.15, 0.2) is 6.07 Å². The zero-order valence-corrected chi connectivity index (χ0v) is 11.0. The molecule has 18 heavy (non-hydrogen) atoms. The summed E-state index contributed by atoms with van der Waals surface area (Å²) < 4.78 is 6.38. The molecule has 0 saturated carbocycles. The van der Waals surface area contributed by atoms with Crippen molar-refractivity contribution in [2.75, 3.05) is 13.2 Å². The minimum Gasteiger partial charge on any atom is -0.461 e. The molecular formula is C12H20N2O4. The van der Waals surface area contributed by atoms with Gasteiger partial charge in [-0.05, 0) is 26.8 Å². The summed E-state index contributed by atoms with van der Waals surface area (Å²) in [6, 6.07) is 1.59. The first-order chi connectivity index (χ1) is 8.37. The summed E-state index contributed by atoms with van der Waals surface area (Å²) in [6.45, 7) is 5.56. The zero-order chi connectivity index (χ0) is 13.8. The lowest BCUT2D eigenvalue weighted by atomic mass is 10.0. The standard InChI is InChI=1S/C12H20N2O4/c1-4-18-11(16)10-7-9(8-12(2,3)17)14(13-10)5-6-15/h7,15,17H,4-6,8H2,1-3H3.